The van der Waals surface area contributed by atoms with E-state index in [1.165, 1.54) is 36.5 Å². The first-order valence-electron chi connectivity index (χ1n) is 8.31. The number of nitrogens with one attached hydrogen (secondary N) is 2. The van der Waals surface area contributed by atoms with Crippen molar-refractivity contribution >= 4 is 28.3 Å². The minimum atomic E-state index is -0.847. The van der Waals surface area contributed by atoms with Crippen molar-refractivity contribution in [2.45, 2.75) is 13.0 Å². The average Bonchev–Trinajstić information content (AvgIpc) is 3.16. The molecule has 0 aliphatic carbocycles. The summed E-state index contributed by atoms with van der Waals surface area (Å²) in [6.07, 6.45) is 0. The van der Waals surface area contributed by atoms with Crippen LogP contribution < -0.4 is 15.4 Å². The van der Waals surface area contributed by atoms with Crippen molar-refractivity contribution in [1.82, 2.24) is 15.5 Å². The van der Waals surface area contributed by atoms with Crippen LogP contribution in [0.5, 0.6) is 5.75 Å². The molecule has 0 bridgehead atoms. The van der Waals surface area contributed by atoms with Gasteiger partial charge in [-0.15, -0.1) is 10.2 Å². The number of nitrogens with zero attached hydrogens (tertiary/aromatic N) is 2. The Labute approximate surface area is 164 Å². The molecule has 0 radical (unpaired) electrons. The van der Waals surface area contributed by atoms with Crippen molar-refractivity contribution in [3.63, 3.8) is 0 Å². The molecule has 2 N–H and O–H groups in total. The molecule has 1 aromatic heterocycles. The maximum absolute atomic E-state index is 13.2. The summed E-state index contributed by atoms with van der Waals surface area (Å²) < 4.78 is 18.4. The lowest BCUT2D eigenvalue weighted by Crippen LogP contribution is -2.41. The predicted octanol–water partition coefficient (Wildman–Crippen LogP) is 3.11. The van der Waals surface area contributed by atoms with E-state index in [4.69, 9.17) is 4.74 Å². The number of benzene rings is 2. The lowest BCUT2D eigenvalue weighted by Gasteiger charge is -2.12. The van der Waals surface area contributed by atoms with E-state index in [9.17, 15) is 14.0 Å². The molecule has 144 valence electrons. The topological polar surface area (TPSA) is 93.2 Å². The molecule has 0 saturated heterocycles. The Hall–Kier alpha value is -3.33. The number of amides is 2. The molecule has 0 fully saturated rings. The van der Waals surface area contributed by atoms with E-state index in [2.05, 4.69) is 20.8 Å². The summed E-state index contributed by atoms with van der Waals surface area (Å²) >= 11 is 1.20. The van der Waals surface area contributed by atoms with Crippen molar-refractivity contribution in [1.29, 1.82) is 0 Å². The lowest BCUT2D eigenvalue weighted by molar-refractivity contribution is -0.117. The highest BCUT2D eigenvalue weighted by molar-refractivity contribution is 7.18. The second-order valence-electron chi connectivity index (χ2n) is 5.84. The van der Waals surface area contributed by atoms with E-state index in [1.807, 2.05) is 24.3 Å². The van der Waals surface area contributed by atoms with Gasteiger partial charge in [-0.25, -0.2) is 4.39 Å². The molecule has 3 rings (SSSR count). The first-order chi connectivity index (χ1) is 13.5. The number of methoxy groups -OCH3 is 1. The van der Waals surface area contributed by atoms with Gasteiger partial charge < -0.3 is 10.1 Å². The summed E-state index contributed by atoms with van der Waals surface area (Å²) in [6.45, 7) is 1.52. The minimum absolute atomic E-state index is 0.135. The first-order valence-corrected chi connectivity index (χ1v) is 9.13. The molecule has 28 heavy (non-hydrogen) atoms. The number of carbonyl (C=O) groups excluding carboxylic acids is 2. The fourth-order valence-electron chi connectivity index (χ4n) is 2.34. The summed E-state index contributed by atoms with van der Waals surface area (Å²) in [5, 5.41) is 14.1. The summed E-state index contributed by atoms with van der Waals surface area (Å²) in [5.41, 5.74) is 0.945. The number of hydrogen-bond donors (Lipinski definition) is 2. The minimum Gasteiger partial charge on any atom is -0.497 e. The summed E-state index contributed by atoms with van der Waals surface area (Å²) in [4.78, 5) is 24.4. The Kier molecular flexibility index (Phi) is 5.95. The van der Waals surface area contributed by atoms with Crippen molar-refractivity contribution in [3.05, 3.63) is 59.9 Å². The zero-order valence-corrected chi connectivity index (χ0v) is 15.9. The van der Waals surface area contributed by atoms with Crippen LogP contribution >= 0.6 is 11.3 Å². The normalized spacial score (nSPS) is 11.5. The smallest absolute Gasteiger partial charge is 0.252 e. The van der Waals surface area contributed by atoms with Gasteiger partial charge in [-0.05, 0) is 37.3 Å². The standard InChI is InChI=1S/C19H17FN4O3S/c1-11(21-17(26)12-5-3-7-14(20)9-12)16(25)22-19-24-23-18(28-19)13-6-4-8-15(10-13)27-2/h3-11H,1-2H3,(H,21,26)(H,22,24,25)/t11-/m1/s1. The third-order valence-corrected chi connectivity index (χ3v) is 4.69. The second-order valence-corrected chi connectivity index (χ2v) is 6.82. The highest BCUT2D eigenvalue weighted by Gasteiger charge is 2.19. The second kappa shape index (κ2) is 8.57. The van der Waals surface area contributed by atoms with E-state index in [1.54, 1.807) is 7.11 Å². The van der Waals surface area contributed by atoms with Crippen molar-refractivity contribution in [2.75, 3.05) is 12.4 Å². The molecular formula is C19H17FN4O3S. The fraction of sp³-hybridized carbons (Fsp3) is 0.158. The third-order valence-electron chi connectivity index (χ3n) is 3.80. The van der Waals surface area contributed by atoms with Crippen LogP contribution in [0.2, 0.25) is 0 Å². The lowest BCUT2D eigenvalue weighted by atomic mass is 10.2. The number of hydrogen-bond acceptors (Lipinski definition) is 6. The monoisotopic (exact) mass is 400 g/mol. The van der Waals surface area contributed by atoms with Crippen molar-refractivity contribution < 1.29 is 18.7 Å². The van der Waals surface area contributed by atoms with E-state index >= 15 is 0 Å². The molecule has 7 nitrogen and oxygen atoms in total. The highest BCUT2D eigenvalue weighted by atomic mass is 32.1. The number of aromatic nitrogens is 2. The van der Waals surface area contributed by atoms with Crippen molar-refractivity contribution in [2.24, 2.45) is 0 Å². The quantitative estimate of drug-likeness (QED) is 0.663. The molecule has 3 aromatic rings. The van der Waals surface area contributed by atoms with Gasteiger partial charge in [0.15, 0.2) is 0 Å². The van der Waals surface area contributed by atoms with Crippen LogP contribution in [0.4, 0.5) is 9.52 Å². The van der Waals surface area contributed by atoms with Gasteiger partial charge in [0.1, 0.15) is 22.6 Å². The fourth-order valence-corrected chi connectivity index (χ4v) is 3.08. The largest absolute Gasteiger partial charge is 0.497 e. The van der Waals surface area contributed by atoms with Crippen molar-refractivity contribution in [3.8, 4) is 16.3 Å². The first kappa shape index (κ1) is 19.4. The van der Waals surface area contributed by atoms with Gasteiger partial charge in [-0.1, -0.05) is 29.5 Å². The Morgan fingerprint density at radius 1 is 1.14 bits per heavy atom. The number of halogens is 1. The van der Waals surface area contributed by atoms with Gasteiger partial charge in [0, 0.05) is 11.1 Å². The molecule has 0 aliphatic rings. The summed E-state index contributed by atoms with van der Waals surface area (Å²) in [6, 6.07) is 11.7. The van der Waals surface area contributed by atoms with Gasteiger partial charge in [-0.2, -0.15) is 0 Å². The van der Waals surface area contributed by atoms with Crippen LogP contribution in [0.25, 0.3) is 10.6 Å². The van der Waals surface area contributed by atoms with Gasteiger partial charge in [0.05, 0.1) is 7.11 Å². The summed E-state index contributed by atoms with van der Waals surface area (Å²) in [5.74, 6) is -0.842. The van der Waals surface area contributed by atoms with Gasteiger partial charge >= 0.3 is 0 Å². The molecule has 0 unspecified atom stereocenters. The van der Waals surface area contributed by atoms with Gasteiger partial charge in [0.2, 0.25) is 11.0 Å². The summed E-state index contributed by atoms with van der Waals surface area (Å²) in [7, 11) is 1.57. The maximum Gasteiger partial charge on any atom is 0.252 e. The van der Waals surface area contributed by atoms with Crippen LogP contribution in [-0.2, 0) is 4.79 Å². The molecule has 0 saturated carbocycles. The Bertz CT molecular complexity index is 1010. The van der Waals surface area contributed by atoms with E-state index in [0.29, 0.717) is 15.9 Å². The highest BCUT2D eigenvalue weighted by Crippen LogP contribution is 2.28. The van der Waals surface area contributed by atoms with Crippen LogP contribution in [-0.4, -0.2) is 35.2 Å². The number of carbonyl (C=O) groups is 2. The maximum atomic E-state index is 13.2. The van der Waals surface area contributed by atoms with Crippen LogP contribution in [0, 0.1) is 5.82 Å². The Balaban J connectivity index is 1.63. The van der Waals surface area contributed by atoms with E-state index in [-0.39, 0.29) is 5.56 Å². The molecule has 0 spiro atoms. The van der Waals surface area contributed by atoms with Gasteiger partial charge in [0.25, 0.3) is 5.91 Å². The zero-order chi connectivity index (χ0) is 20.1. The molecule has 2 amide bonds. The number of ether oxygens (including phenoxy) is 1. The average molecular weight is 400 g/mol. The molecular weight excluding hydrogens is 383 g/mol. The third kappa shape index (κ3) is 4.68. The Morgan fingerprint density at radius 3 is 2.68 bits per heavy atom. The SMILES string of the molecule is COc1cccc(-c2nnc(NC(=O)[C@@H](C)NC(=O)c3cccc(F)c3)s2)c1. The van der Waals surface area contributed by atoms with Gasteiger partial charge in [-0.3, -0.25) is 14.9 Å². The van der Waals surface area contributed by atoms with E-state index in [0.717, 1.165) is 11.6 Å². The number of anilines is 1. The zero-order valence-electron chi connectivity index (χ0n) is 15.1. The molecule has 1 atom stereocenters. The molecule has 2 aromatic carbocycles. The van der Waals surface area contributed by atoms with Crippen LogP contribution in [0.1, 0.15) is 17.3 Å². The predicted molar refractivity (Wildman–Crippen MR) is 104 cm³/mol. The molecule has 1 heterocycles. The van der Waals surface area contributed by atoms with E-state index < -0.39 is 23.7 Å². The number of rotatable bonds is 6. The van der Waals surface area contributed by atoms with Crippen LogP contribution in [0.3, 0.4) is 0 Å². The van der Waals surface area contributed by atoms with Crippen LogP contribution in [0.15, 0.2) is 48.5 Å². The Morgan fingerprint density at radius 2 is 1.93 bits per heavy atom. The molecule has 0 aliphatic heterocycles. The molecule has 9 heteroatoms.